The molecule has 162 valence electrons. The highest BCUT2D eigenvalue weighted by molar-refractivity contribution is 7.89. The van der Waals surface area contributed by atoms with Crippen LogP contribution in [0.25, 0.3) is 0 Å². The molecule has 0 bridgehead atoms. The first-order valence-electron chi connectivity index (χ1n) is 9.76. The molecule has 0 aliphatic carbocycles. The Labute approximate surface area is 182 Å². The molecule has 1 heterocycles. The first-order valence-corrected chi connectivity index (χ1v) is 11.7. The summed E-state index contributed by atoms with van der Waals surface area (Å²) in [6.07, 6.45) is 0. The molecule has 1 aliphatic heterocycles. The number of sulfonamides is 1. The third-order valence-electron chi connectivity index (χ3n) is 5.09. The Kier molecular flexibility index (Phi) is 7.36. The second-order valence-corrected chi connectivity index (χ2v) is 9.77. The number of piperazine rings is 1. The molecule has 3 rings (SSSR count). The number of halogens is 1. The quantitative estimate of drug-likeness (QED) is 0.699. The molecule has 2 aromatic rings. The molecule has 0 aromatic heterocycles. The van der Waals surface area contributed by atoms with Crippen molar-refractivity contribution >= 4 is 33.2 Å². The number of hydrogen-bond acceptors (Lipinski definition) is 5. The van der Waals surface area contributed by atoms with Gasteiger partial charge in [0, 0.05) is 43.3 Å². The molecular formula is C21H26ClN3O4S. The van der Waals surface area contributed by atoms with Crippen LogP contribution in [0, 0.1) is 0 Å². The van der Waals surface area contributed by atoms with Crippen molar-refractivity contribution in [2.45, 2.75) is 13.5 Å². The van der Waals surface area contributed by atoms with Crippen molar-refractivity contribution in [3.63, 3.8) is 0 Å². The van der Waals surface area contributed by atoms with E-state index in [0.29, 0.717) is 54.7 Å². The van der Waals surface area contributed by atoms with Crippen LogP contribution in [-0.4, -0.2) is 62.6 Å². The van der Waals surface area contributed by atoms with Gasteiger partial charge in [-0.05, 0) is 42.8 Å². The van der Waals surface area contributed by atoms with Gasteiger partial charge in [-0.2, -0.15) is 4.31 Å². The fourth-order valence-electron chi connectivity index (χ4n) is 3.39. The summed E-state index contributed by atoms with van der Waals surface area (Å²) in [4.78, 5) is 14.9. The Balaban J connectivity index is 1.64. The van der Waals surface area contributed by atoms with E-state index in [4.69, 9.17) is 16.3 Å². The Morgan fingerprint density at radius 2 is 1.87 bits per heavy atom. The lowest BCUT2D eigenvalue weighted by Gasteiger charge is -2.33. The molecule has 0 spiro atoms. The van der Waals surface area contributed by atoms with Gasteiger partial charge < -0.3 is 10.1 Å². The molecule has 1 saturated heterocycles. The minimum atomic E-state index is -3.14. The predicted molar refractivity (Wildman–Crippen MR) is 119 cm³/mol. The molecule has 1 fully saturated rings. The Bertz CT molecular complexity index is 1010. The van der Waals surface area contributed by atoms with Crippen molar-refractivity contribution in [1.82, 2.24) is 9.21 Å². The molecule has 0 unspecified atom stereocenters. The molecule has 2 aromatic carbocycles. The maximum absolute atomic E-state index is 12.7. The molecule has 1 aliphatic rings. The average Bonchev–Trinajstić information content (AvgIpc) is 2.74. The third kappa shape index (κ3) is 5.51. The number of nitrogens with zero attached hydrogens (tertiary/aromatic N) is 2. The second kappa shape index (κ2) is 9.78. The standard InChI is InChI=1S/C21H26ClN3O4S/c1-3-30(27,28)25-11-9-24(10-12-25)15-16-5-4-6-17(13-16)21(26)23-19-14-18(22)7-8-20(19)29-2/h4-8,13-14H,3,9-12,15H2,1-2H3,(H,23,26). The molecule has 9 heteroatoms. The molecule has 0 radical (unpaired) electrons. The normalized spacial score (nSPS) is 15.7. The van der Waals surface area contributed by atoms with E-state index in [9.17, 15) is 13.2 Å². The van der Waals surface area contributed by atoms with Crippen LogP contribution in [0.2, 0.25) is 5.02 Å². The summed E-state index contributed by atoms with van der Waals surface area (Å²) in [6, 6.07) is 12.5. The minimum Gasteiger partial charge on any atom is -0.495 e. The maximum atomic E-state index is 12.7. The zero-order chi connectivity index (χ0) is 21.7. The third-order valence-corrected chi connectivity index (χ3v) is 7.21. The number of amides is 1. The first kappa shape index (κ1) is 22.6. The molecule has 0 atom stereocenters. The van der Waals surface area contributed by atoms with Gasteiger partial charge in [0.2, 0.25) is 10.0 Å². The maximum Gasteiger partial charge on any atom is 0.255 e. The van der Waals surface area contributed by atoms with Gasteiger partial charge in [0.25, 0.3) is 5.91 Å². The van der Waals surface area contributed by atoms with Crippen LogP contribution in [0.1, 0.15) is 22.8 Å². The highest BCUT2D eigenvalue weighted by Crippen LogP contribution is 2.28. The summed E-state index contributed by atoms with van der Waals surface area (Å²) in [5.41, 5.74) is 2.03. The highest BCUT2D eigenvalue weighted by atomic mass is 35.5. The van der Waals surface area contributed by atoms with Crippen molar-refractivity contribution in [2.24, 2.45) is 0 Å². The van der Waals surface area contributed by atoms with Crippen LogP contribution in [0.3, 0.4) is 0 Å². The van der Waals surface area contributed by atoms with Crippen LogP contribution >= 0.6 is 11.6 Å². The van der Waals surface area contributed by atoms with E-state index in [2.05, 4.69) is 10.2 Å². The molecule has 1 amide bonds. The van der Waals surface area contributed by atoms with Crippen LogP contribution in [0.15, 0.2) is 42.5 Å². The lowest BCUT2D eigenvalue weighted by atomic mass is 10.1. The van der Waals surface area contributed by atoms with Gasteiger partial charge in [-0.15, -0.1) is 0 Å². The molecule has 7 nitrogen and oxygen atoms in total. The van der Waals surface area contributed by atoms with E-state index in [1.165, 1.54) is 7.11 Å². The summed E-state index contributed by atoms with van der Waals surface area (Å²) in [5.74, 6) is 0.404. The van der Waals surface area contributed by atoms with Crippen molar-refractivity contribution in [1.29, 1.82) is 0 Å². The number of rotatable bonds is 7. The lowest BCUT2D eigenvalue weighted by Crippen LogP contribution is -2.48. The van der Waals surface area contributed by atoms with Crippen LogP contribution in [0.4, 0.5) is 5.69 Å². The Hall–Kier alpha value is -2.13. The Morgan fingerprint density at radius 3 is 2.53 bits per heavy atom. The fraction of sp³-hybridized carbons (Fsp3) is 0.381. The number of nitrogens with one attached hydrogen (secondary N) is 1. The van der Waals surface area contributed by atoms with Gasteiger partial charge in [0.15, 0.2) is 0 Å². The minimum absolute atomic E-state index is 0.127. The van der Waals surface area contributed by atoms with Gasteiger partial charge in [-0.25, -0.2) is 8.42 Å². The van der Waals surface area contributed by atoms with Crippen molar-refractivity contribution in [3.8, 4) is 5.75 Å². The number of anilines is 1. The smallest absolute Gasteiger partial charge is 0.255 e. The molecular weight excluding hydrogens is 426 g/mol. The van der Waals surface area contributed by atoms with Crippen LogP contribution < -0.4 is 10.1 Å². The van der Waals surface area contributed by atoms with Crippen molar-refractivity contribution < 1.29 is 17.9 Å². The second-order valence-electron chi connectivity index (χ2n) is 7.07. The van der Waals surface area contributed by atoms with Crippen LogP contribution in [0.5, 0.6) is 5.75 Å². The van der Waals surface area contributed by atoms with Crippen molar-refractivity contribution in [2.75, 3.05) is 44.4 Å². The zero-order valence-corrected chi connectivity index (χ0v) is 18.7. The zero-order valence-electron chi connectivity index (χ0n) is 17.1. The van der Waals surface area contributed by atoms with Gasteiger partial charge in [-0.3, -0.25) is 9.69 Å². The van der Waals surface area contributed by atoms with Crippen molar-refractivity contribution in [3.05, 3.63) is 58.6 Å². The number of hydrogen-bond donors (Lipinski definition) is 1. The fourth-order valence-corrected chi connectivity index (χ4v) is 4.65. The highest BCUT2D eigenvalue weighted by Gasteiger charge is 2.25. The number of methoxy groups -OCH3 is 1. The summed E-state index contributed by atoms with van der Waals surface area (Å²) in [5, 5.41) is 3.35. The number of ether oxygens (including phenoxy) is 1. The molecule has 1 N–H and O–H groups in total. The topological polar surface area (TPSA) is 79.0 Å². The van der Waals surface area contributed by atoms with E-state index < -0.39 is 10.0 Å². The van der Waals surface area contributed by atoms with E-state index >= 15 is 0 Å². The number of benzene rings is 2. The predicted octanol–water partition coefficient (Wildman–Crippen LogP) is 3.07. The van der Waals surface area contributed by atoms with Gasteiger partial charge >= 0.3 is 0 Å². The lowest BCUT2D eigenvalue weighted by molar-refractivity contribution is 0.102. The van der Waals surface area contributed by atoms with Gasteiger partial charge in [0.1, 0.15) is 5.75 Å². The van der Waals surface area contributed by atoms with E-state index in [1.54, 1.807) is 35.5 Å². The van der Waals surface area contributed by atoms with E-state index in [-0.39, 0.29) is 11.7 Å². The summed E-state index contributed by atoms with van der Waals surface area (Å²) < 4.78 is 30.8. The largest absolute Gasteiger partial charge is 0.495 e. The summed E-state index contributed by atoms with van der Waals surface area (Å²) >= 11 is 6.03. The summed E-state index contributed by atoms with van der Waals surface area (Å²) in [6.45, 7) is 4.62. The summed E-state index contributed by atoms with van der Waals surface area (Å²) in [7, 11) is -1.61. The Morgan fingerprint density at radius 1 is 1.13 bits per heavy atom. The van der Waals surface area contributed by atoms with E-state index in [1.807, 2.05) is 18.2 Å². The van der Waals surface area contributed by atoms with Crippen LogP contribution in [-0.2, 0) is 16.6 Å². The first-order chi connectivity index (χ1) is 14.3. The van der Waals surface area contributed by atoms with Gasteiger partial charge in [-0.1, -0.05) is 23.7 Å². The molecule has 0 saturated carbocycles. The number of carbonyl (C=O) groups is 1. The monoisotopic (exact) mass is 451 g/mol. The number of carbonyl (C=O) groups excluding carboxylic acids is 1. The van der Waals surface area contributed by atoms with Gasteiger partial charge in [0.05, 0.1) is 18.6 Å². The van der Waals surface area contributed by atoms with E-state index in [0.717, 1.165) is 5.56 Å². The SMILES string of the molecule is CCS(=O)(=O)N1CCN(Cc2cccc(C(=O)Nc3cc(Cl)ccc3OC)c2)CC1. The average molecular weight is 452 g/mol. The molecule has 30 heavy (non-hydrogen) atoms.